The van der Waals surface area contributed by atoms with E-state index in [0.29, 0.717) is 42.3 Å². The van der Waals surface area contributed by atoms with Gasteiger partial charge in [-0.3, -0.25) is 4.79 Å². The average Bonchev–Trinajstić information content (AvgIpc) is 3.83. The number of carboxylic acids is 1. The zero-order valence-electron chi connectivity index (χ0n) is 26.2. The smallest absolute Gasteiger partial charge is 0.475 e. The third-order valence-corrected chi connectivity index (χ3v) is 8.60. The summed E-state index contributed by atoms with van der Waals surface area (Å²) < 4.78 is 33.6. The number of hydrogen-bond acceptors (Lipinski definition) is 9. The molecule has 1 aliphatic heterocycles. The Kier molecular flexibility index (Phi) is 10.8. The highest BCUT2D eigenvalue weighted by Gasteiger charge is 2.44. The molecule has 1 amide bonds. The molecule has 48 heavy (non-hydrogen) atoms. The van der Waals surface area contributed by atoms with E-state index in [1.807, 2.05) is 16.7 Å². The number of anilines is 2. The number of nitrogens with one attached hydrogen (secondary N) is 2. The third kappa shape index (κ3) is 7.85. The summed E-state index contributed by atoms with van der Waals surface area (Å²) in [5.41, 5.74) is 3.60. The molecule has 0 unspecified atom stereocenters. The van der Waals surface area contributed by atoms with Crippen LogP contribution in [-0.2, 0) is 9.59 Å². The topological polar surface area (TPSA) is 166 Å². The van der Waals surface area contributed by atoms with Gasteiger partial charge in [0.15, 0.2) is 17.0 Å². The first kappa shape index (κ1) is 34.6. The second kappa shape index (κ2) is 15.0. The highest BCUT2D eigenvalue weighted by molar-refractivity contribution is 5.84. The molecule has 2 aromatic heterocycles. The van der Waals surface area contributed by atoms with E-state index in [2.05, 4.69) is 64.1 Å². The van der Waals surface area contributed by atoms with Gasteiger partial charge in [-0.25, -0.2) is 9.78 Å². The Morgan fingerprint density at radius 2 is 1.54 bits per heavy atom. The van der Waals surface area contributed by atoms with Crippen LogP contribution < -0.4 is 15.5 Å². The fourth-order valence-corrected chi connectivity index (χ4v) is 6.06. The van der Waals surface area contributed by atoms with Gasteiger partial charge < -0.3 is 35.4 Å². The second-order valence-electron chi connectivity index (χ2n) is 11.8. The molecule has 1 saturated carbocycles. The van der Waals surface area contributed by atoms with Crippen LogP contribution in [0.3, 0.4) is 0 Å². The van der Waals surface area contributed by atoms with Crippen LogP contribution in [0.25, 0.3) is 11.2 Å². The number of rotatable bonds is 9. The molecule has 0 radical (unpaired) electrons. The van der Waals surface area contributed by atoms with E-state index in [1.54, 1.807) is 13.3 Å². The second-order valence-corrected chi connectivity index (χ2v) is 11.8. The number of aliphatic carboxylic acids is 1. The maximum absolute atomic E-state index is 12.0. The van der Waals surface area contributed by atoms with Crippen LogP contribution in [0.2, 0.25) is 0 Å². The number of fused-ring (bicyclic) bond motifs is 1. The SMILES string of the molecule is CCC(=O)N[C@H]1C[C@@H](n2cnc3c(NCC(c4ccccc4)c4ccccc4)nc(N4CCCC4)nc32)[C@H](O)[C@@H]1O.O=C(O)C(F)(F)F. The number of hydrogen-bond donors (Lipinski definition) is 5. The predicted molar refractivity (Wildman–Crippen MR) is 172 cm³/mol. The van der Waals surface area contributed by atoms with Crippen molar-refractivity contribution < 1.29 is 38.1 Å². The molecule has 1 saturated heterocycles. The molecular formula is C33H38F3N7O5. The van der Waals surface area contributed by atoms with Gasteiger partial charge in [0.1, 0.15) is 12.2 Å². The van der Waals surface area contributed by atoms with Crippen molar-refractivity contribution in [3.63, 3.8) is 0 Å². The van der Waals surface area contributed by atoms with E-state index in [-0.39, 0.29) is 11.8 Å². The lowest BCUT2D eigenvalue weighted by atomic mass is 9.91. The molecular weight excluding hydrogens is 631 g/mol. The zero-order valence-corrected chi connectivity index (χ0v) is 26.2. The number of halogens is 3. The summed E-state index contributed by atoms with van der Waals surface area (Å²) in [6.07, 6.45) is -2.73. The lowest BCUT2D eigenvalue weighted by Crippen LogP contribution is -2.42. The quantitative estimate of drug-likeness (QED) is 0.177. The van der Waals surface area contributed by atoms with Crippen LogP contribution in [0.15, 0.2) is 67.0 Å². The molecule has 12 nitrogen and oxygen atoms in total. The average molecular weight is 670 g/mol. The number of alkyl halides is 3. The van der Waals surface area contributed by atoms with Gasteiger partial charge in [0.25, 0.3) is 0 Å². The number of carboxylic acid groups (broad SMARTS) is 1. The third-order valence-electron chi connectivity index (χ3n) is 8.60. The van der Waals surface area contributed by atoms with E-state index in [0.717, 1.165) is 25.9 Å². The molecule has 5 N–H and O–H groups in total. The molecule has 6 rings (SSSR count). The predicted octanol–water partition coefficient (Wildman–Crippen LogP) is 3.87. The molecule has 2 aliphatic rings. The Morgan fingerprint density at radius 3 is 2.08 bits per heavy atom. The first-order chi connectivity index (χ1) is 23.0. The summed E-state index contributed by atoms with van der Waals surface area (Å²) in [5, 5.41) is 35.3. The van der Waals surface area contributed by atoms with Gasteiger partial charge in [0.2, 0.25) is 11.9 Å². The molecule has 3 heterocycles. The monoisotopic (exact) mass is 669 g/mol. The fourth-order valence-electron chi connectivity index (χ4n) is 6.06. The summed E-state index contributed by atoms with van der Waals surface area (Å²) in [7, 11) is 0. The standard InChI is InChI=1S/C31H37N7O3.C2HF3O2/c1-2-25(39)34-23-17-24(28(41)27(23)40)38-19-33-26-29(35-31(36-30(26)38)37-15-9-10-16-37)32-18-22(20-11-5-3-6-12-20)21-13-7-4-8-14-21;3-2(4,5)1(6)7/h3-8,11-14,19,22-24,27-28,40-41H,2,9-10,15-18H2,1H3,(H,34,39)(H,32,35,36);(H,6,7)/t23-,24+,27+,28-;/m0./s1. The largest absolute Gasteiger partial charge is 0.490 e. The van der Waals surface area contributed by atoms with E-state index in [9.17, 15) is 28.2 Å². The highest BCUT2D eigenvalue weighted by Crippen LogP contribution is 2.35. The zero-order chi connectivity index (χ0) is 34.4. The van der Waals surface area contributed by atoms with E-state index in [1.165, 1.54) is 11.1 Å². The Bertz CT molecular complexity index is 1640. The molecule has 15 heteroatoms. The van der Waals surface area contributed by atoms with Gasteiger partial charge >= 0.3 is 12.1 Å². The Morgan fingerprint density at radius 1 is 0.958 bits per heavy atom. The minimum Gasteiger partial charge on any atom is -0.475 e. The summed E-state index contributed by atoms with van der Waals surface area (Å²) in [6, 6.07) is 19.8. The van der Waals surface area contributed by atoms with Crippen molar-refractivity contribution in [2.24, 2.45) is 0 Å². The number of aromatic nitrogens is 4. The number of carbonyl (C=O) groups is 2. The maximum atomic E-state index is 12.0. The number of carbonyl (C=O) groups excluding carboxylic acids is 1. The summed E-state index contributed by atoms with van der Waals surface area (Å²) >= 11 is 0. The molecule has 2 fully saturated rings. The molecule has 0 bridgehead atoms. The first-order valence-corrected chi connectivity index (χ1v) is 15.8. The lowest BCUT2D eigenvalue weighted by molar-refractivity contribution is -0.192. The number of aliphatic hydroxyl groups excluding tert-OH is 2. The van der Waals surface area contributed by atoms with Crippen molar-refractivity contribution in [2.75, 3.05) is 29.9 Å². The van der Waals surface area contributed by atoms with Crippen molar-refractivity contribution in [1.82, 2.24) is 24.8 Å². The summed E-state index contributed by atoms with van der Waals surface area (Å²) in [6.45, 7) is 4.12. The van der Waals surface area contributed by atoms with Gasteiger partial charge in [0, 0.05) is 32.0 Å². The molecule has 1 aliphatic carbocycles. The van der Waals surface area contributed by atoms with E-state index < -0.39 is 36.4 Å². The maximum Gasteiger partial charge on any atom is 0.490 e. The summed E-state index contributed by atoms with van der Waals surface area (Å²) in [4.78, 5) is 37.7. The lowest BCUT2D eigenvalue weighted by Gasteiger charge is -2.22. The van der Waals surface area contributed by atoms with Gasteiger partial charge in [-0.05, 0) is 30.4 Å². The van der Waals surface area contributed by atoms with Gasteiger partial charge in [-0.1, -0.05) is 67.6 Å². The van der Waals surface area contributed by atoms with Crippen molar-refractivity contribution in [3.05, 3.63) is 78.1 Å². The van der Waals surface area contributed by atoms with Gasteiger partial charge in [-0.15, -0.1) is 0 Å². The Labute approximate surface area is 274 Å². The number of amides is 1. The Hall–Kier alpha value is -4.76. The normalized spacial score (nSPS) is 20.9. The molecule has 4 atom stereocenters. The van der Waals surface area contributed by atoms with Crippen molar-refractivity contribution in [1.29, 1.82) is 0 Å². The number of imidazole rings is 1. The van der Waals surface area contributed by atoms with Crippen LogP contribution in [-0.4, -0.2) is 90.8 Å². The van der Waals surface area contributed by atoms with E-state index >= 15 is 0 Å². The minimum absolute atomic E-state index is 0.0921. The molecule has 4 aromatic rings. The van der Waals surface area contributed by atoms with Crippen molar-refractivity contribution in [3.8, 4) is 0 Å². The minimum atomic E-state index is -5.08. The van der Waals surface area contributed by atoms with Crippen molar-refractivity contribution >= 4 is 34.8 Å². The van der Waals surface area contributed by atoms with Crippen molar-refractivity contribution in [2.45, 2.75) is 69.0 Å². The molecule has 256 valence electrons. The van der Waals surface area contributed by atoms with Crippen LogP contribution in [0.4, 0.5) is 24.9 Å². The first-order valence-electron chi connectivity index (χ1n) is 15.8. The number of benzene rings is 2. The highest BCUT2D eigenvalue weighted by atomic mass is 19.4. The van der Waals surface area contributed by atoms with Gasteiger partial charge in [-0.2, -0.15) is 23.1 Å². The van der Waals surface area contributed by atoms with Crippen LogP contribution in [0.1, 0.15) is 55.7 Å². The van der Waals surface area contributed by atoms with Crippen LogP contribution >= 0.6 is 0 Å². The van der Waals surface area contributed by atoms with Crippen LogP contribution in [0.5, 0.6) is 0 Å². The number of aliphatic hydroxyl groups is 2. The summed E-state index contributed by atoms with van der Waals surface area (Å²) in [5.74, 6) is -1.56. The van der Waals surface area contributed by atoms with E-state index in [4.69, 9.17) is 24.9 Å². The Balaban J connectivity index is 0.000000582. The molecule has 0 spiro atoms. The van der Waals surface area contributed by atoms with Gasteiger partial charge in [0.05, 0.1) is 18.4 Å². The number of nitrogens with zero attached hydrogens (tertiary/aromatic N) is 5. The van der Waals surface area contributed by atoms with Crippen LogP contribution in [0, 0.1) is 0 Å². The molecule has 2 aromatic carbocycles. The fraction of sp³-hybridized carbons (Fsp3) is 0.424.